The Labute approximate surface area is 123 Å². The van der Waals surface area contributed by atoms with Gasteiger partial charge in [0, 0.05) is 18.7 Å². The van der Waals surface area contributed by atoms with Gasteiger partial charge in [-0.3, -0.25) is 4.79 Å². The van der Waals surface area contributed by atoms with Crippen molar-refractivity contribution in [3.63, 3.8) is 0 Å². The van der Waals surface area contributed by atoms with E-state index in [4.69, 9.17) is 9.63 Å². The lowest BCUT2D eigenvalue weighted by molar-refractivity contribution is -0.143. The second-order valence-electron chi connectivity index (χ2n) is 5.53. The molecule has 1 saturated heterocycles. The second-order valence-corrected chi connectivity index (χ2v) is 5.53. The number of carboxylic acid groups (broad SMARTS) is 1. The lowest BCUT2D eigenvalue weighted by Crippen LogP contribution is -2.47. The van der Waals surface area contributed by atoms with Crippen molar-refractivity contribution in [2.75, 3.05) is 13.1 Å². The zero-order chi connectivity index (χ0) is 15.6. The fourth-order valence-corrected chi connectivity index (χ4v) is 2.82. The predicted octanol–water partition coefficient (Wildman–Crippen LogP) is 1.86. The highest BCUT2D eigenvalue weighted by Crippen LogP contribution is 2.22. The number of hydrogen-bond donors (Lipinski definition) is 2. The lowest BCUT2D eigenvalue weighted by atomic mass is 9.98. The molecule has 0 spiro atoms. The van der Waals surface area contributed by atoms with Gasteiger partial charge in [-0.1, -0.05) is 5.16 Å². The van der Waals surface area contributed by atoms with Crippen LogP contribution in [0.15, 0.2) is 4.52 Å². The molecule has 0 bridgehead atoms. The van der Waals surface area contributed by atoms with E-state index in [-0.39, 0.29) is 18.6 Å². The summed E-state index contributed by atoms with van der Waals surface area (Å²) in [7, 11) is 0. The molecule has 0 aromatic carbocycles. The van der Waals surface area contributed by atoms with Crippen LogP contribution in [0, 0.1) is 19.8 Å². The number of aliphatic carboxylic acids is 1. The largest absolute Gasteiger partial charge is 0.481 e. The van der Waals surface area contributed by atoms with Crippen LogP contribution < -0.4 is 5.32 Å². The average molecular weight is 295 g/mol. The average Bonchev–Trinajstić information content (AvgIpc) is 2.78. The number of piperidine rings is 1. The van der Waals surface area contributed by atoms with Crippen molar-refractivity contribution in [2.24, 2.45) is 5.92 Å². The Morgan fingerprint density at radius 3 is 2.76 bits per heavy atom. The van der Waals surface area contributed by atoms with Gasteiger partial charge in [-0.25, -0.2) is 4.79 Å². The SMILES string of the molecule is Cc1noc(C)c1C(C)NC(=O)N1CCCC(C(=O)O)C1. The summed E-state index contributed by atoms with van der Waals surface area (Å²) >= 11 is 0. The Kier molecular flexibility index (Phi) is 4.50. The topological polar surface area (TPSA) is 95.7 Å². The number of nitrogens with zero attached hydrogens (tertiary/aromatic N) is 2. The minimum absolute atomic E-state index is 0.228. The number of aryl methyl sites for hydroxylation is 2. The highest BCUT2D eigenvalue weighted by molar-refractivity contribution is 5.77. The van der Waals surface area contributed by atoms with E-state index in [0.29, 0.717) is 25.1 Å². The molecule has 0 saturated carbocycles. The van der Waals surface area contributed by atoms with Crippen molar-refractivity contribution in [1.82, 2.24) is 15.4 Å². The molecule has 2 N–H and O–H groups in total. The Hall–Kier alpha value is -2.05. The molecule has 1 aliphatic heterocycles. The van der Waals surface area contributed by atoms with Gasteiger partial charge in [0.1, 0.15) is 5.76 Å². The molecule has 21 heavy (non-hydrogen) atoms. The van der Waals surface area contributed by atoms with E-state index in [1.54, 1.807) is 11.8 Å². The van der Waals surface area contributed by atoms with Crippen molar-refractivity contribution < 1.29 is 19.2 Å². The molecule has 2 heterocycles. The molecular formula is C14H21N3O4. The first-order valence-corrected chi connectivity index (χ1v) is 7.11. The standard InChI is InChI=1S/C14H21N3O4/c1-8(12-9(2)16-21-10(12)3)15-14(20)17-6-4-5-11(7-17)13(18)19/h8,11H,4-7H2,1-3H3,(H,15,20)(H,18,19). The van der Waals surface area contributed by atoms with Crippen LogP contribution in [0.2, 0.25) is 0 Å². The molecular weight excluding hydrogens is 274 g/mol. The first-order valence-electron chi connectivity index (χ1n) is 7.11. The Balaban J connectivity index is 1.99. The summed E-state index contributed by atoms with van der Waals surface area (Å²) in [5.74, 6) is -0.632. The van der Waals surface area contributed by atoms with Gasteiger partial charge in [-0.15, -0.1) is 0 Å². The highest BCUT2D eigenvalue weighted by atomic mass is 16.5. The molecule has 116 valence electrons. The Morgan fingerprint density at radius 2 is 2.19 bits per heavy atom. The van der Waals surface area contributed by atoms with Crippen LogP contribution in [-0.2, 0) is 4.79 Å². The van der Waals surface area contributed by atoms with Crippen LogP contribution in [0.1, 0.15) is 42.8 Å². The van der Waals surface area contributed by atoms with Gasteiger partial charge in [0.15, 0.2) is 0 Å². The summed E-state index contributed by atoms with van der Waals surface area (Å²) in [6, 6.07) is -0.470. The van der Waals surface area contributed by atoms with Crippen LogP contribution >= 0.6 is 0 Å². The van der Waals surface area contributed by atoms with Gasteiger partial charge in [-0.05, 0) is 33.6 Å². The third kappa shape index (κ3) is 3.34. The maximum absolute atomic E-state index is 12.3. The lowest BCUT2D eigenvalue weighted by Gasteiger charge is -2.31. The Morgan fingerprint density at radius 1 is 1.48 bits per heavy atom. The fourth-order valence-electron chi connectivity index (χ4n) is 2.82. The summed E-state index contributed by atoms with van der Waals surface area (Å²) in [5, 5.41) is 15.8. The maximum Gasteiger partial charge on any atom is 0.317 e. The van der Waals surface area contributed by atoms with Crippen LogP contribution in [-0.4, -0.2) is 40.3 Å². The normalized spacial score (nSPS) is 20.1. The molecule has 7 heteroatoms. The zero-order valence-electron chi connectivity index (χ0n) is 12.5. The number of rotatable bonds is 3. The molecule has 1 aromatic heterocycles. The zero-order valence-corrected chi connectivity index (χ0v) is 12.5. The number of hydrogen-bond acceptors (Lipinski definition) is 4. The summed E-state index contributed by atoms with van der Waals surface area (Å²) in [4.78, 5) is 24.9. The molecule has 1 fully saturated rings. The molecule has 0 radical (unpaired) electrons. The van der Waals surface area contributed by atoms with E-state index in [1.807, 2.05) is 13.8 Å². The van der Waals surface area contributed by atoms with Crippen LogP contribution in [0.3, 0.4) is 0 Å². The van der Waals surface area contributed by atoms with Crippen LogP contribution in [0.5, 0.6) is 0 Å². The van der Waals surface area contributed by atoms with Crippen molar-refractivity contribution in [2.45, 2.75) is 39.7 Å². The van der Waals surface area contributed by atoms with Gasteiger partial charge in [0.05, 0.1) is 17.7 Å². The molecule has 2 amide bonds. The van der Waals surface area contributed by atoms with Gasteiger partial charge < -0.3 is 19.8 Å². The van der Waals surface area contributed by atoms with Gasteiger partial charge in [0.2, 0.25) is 0 Å². The van der Waals surface area contributed by atoms with Gasteiger partial charge in [0.25, 0.3) is 0 Å². The monoisotopic (exact) mass is 295 g/mol. The van der Waals surface area contributed by atoms with E-state index >= 15 is 0 Å². The van der Waals surface area contributed by atoms with E-state index in [0.717, 1.165) is 11.3 Å². The third-order valence-corrected chi connectivity index (χ3v) is 3.92. The fraction of sp³-hybridized carbons (Fsp3) is 0.643. The first-order chi connectivity index (χ1) is 9.90. The summed E-state index contributed by atoms with van der Waals surface area (Å²) in [6.07, 6.45) is 1.34. The molecule has 2 rings (SSSR count). The number of carboxylic acids is 1. The molecule has 1 aromatic rings. The smallest absolute Gasteiger partial charge is 0.317 e. The number of nitrogens with one attached hydrogen (secondary N) is 1. The van der Waals surface area contributed by atoms with Crippen molar-refractivity contribution in [3.8, 4) is 0 Å². The maximum atomic E-state index is 12.3. The Bertz CT molecular complexity index is 521. The van der Waals surface area contributed by atoms with Gasteiger partial charge >= 0.3 is 12.0 Å². The summed E-state index contributed by atoms with van der Waals surface area (Å²) in [6.45, 7) is 6.34. The van der Waals surface area contributed by atoms with Crippen molar-refractivity contribution in [3.05, 3.63) is 17.0 Å². The minimum atomic E-state index is -0.841. The molecule has 2 atom stereocenters. The van der Waals surface area contributed by atoms with Crippen molar-refractivity contribution >= 4 is 12.0 Å². The molecule has 0 aliphatic carbocycles. The first kappa shape index (κ1) is 15.3. The predicted molar refractivity (Wildman–Crippen MR) is 74.9 cm³/mol. The number of carbonyl (C=O) groups excluding carboxylic acids is 1. The van der Waals surface area contributed by atoms with Crippen LogP contribution in [0.4, 0.5) is 4.79 Å². The second kappa shape index (κ2) is 6.15. The summed E-state index contributed by atoms with van der Waals surface area (Å²) in [5.41, 5.74) is 1.62. The van der Waals surface area contributed by atoms with Crippen molar-refractivity contribution in [1.29, 1.82) is 0 Å². The number of aromatic nitrogens is 1. The van der Waals surface area contributed by atoms with E-state index in [1.165, 1.54) is 0 Å². The molecule has 1 aliphatic rings. The van der Waals surface area contributed by atoms with E-state index in [9.17, 15) is 9.59 Å². The summed E-state index contributed by atoms with van der Waals surface area (Å²) < 4.78 is 5.10. The third-order valence-electron chi connectivity index (χ3n) is 3.92. The number of urea groups is 1. The molecule has 2 unspecified atom stereocenters. The highest BCUT2D eigenvalue weighted by Gasteiger charge is 2.29. The number of amides is 2. The quantitative estimate of drug-likeness (QED) is 0.887. The minimum Gasteiger partial charge on any atom is -0.481 e. The molecule has 7 nitrogen and oxygen atoms in total. The number of likely N-dealkylation sites (tertiary alicyclic amines) is 1. The van der Waals surface area contributed by atoms with E-state index < -0.39 is 11.9 Å². The number of carbonyl (C=O) groups is 2. The van der Waals surface area contributed by atoms with Crippen LogP contribution in [0.25, 0.3) is 0 Å². The van der Waals surface area contributed by atoms with Gasteiger partial charge in [-0.2, -0.15) is 0 Å². The van der Waals surface area contributed by atoms with E-state index in [2.05, 4.69) is 10.5 Å².